The third-order valence-electron chi connectivity index (χ3n) is 4.48. The van der Waals surface area contributed by atoms with Crippen molar-refractivity contribution < 1.29 is 23.8 Å². The van der Waals surface area contributed by atoms with Gasteiger partial charge in [0.25, 0.3) is 0 Å². The summed E-state index contributed by atoms with van der Waals surface area (Å²) in [7, 11) is 1.55. The van der Waals surface area contributed by atoms with Gasteiger partial charge in [-0.25, -0.2) is 4.79 Å². The van der Waals surface area contributed by atoms with Gasteiger partial charge in [0.05, 0.1) is 18.2 Å². The highest BCUT2D eigenvalue weighted by Crippen LogP contribution is 2.37. The van der Waals surface area contributed by atoms with Crippen LogP contribution in [0, 0.1) is 6.92 Å². The molecule has 6 nitrogen and oxygen atoms in total. The van der Waals surface area contributed by atoms with Crippen molar-refractivity contribution in [3.8, 4) is 17.2 Å². The first kappa shape index (κ1) is 18.4. The number of Topliss-reactive ketones (excluding diaryl/α,β-unsaturated/α-hetero) is 1. The molecule has 144 valence electrons. The number of aryl methyl sites for hydroxylation is 1. The summed E-state index contributed by atoms with van der Waals surface area (Å²) in [6.07, 6.45) is 4.94. The van der Waals surface area contributed by atoms with Crippen LogP contribution in [0.5, 0.6) is 17.2 Å². The number of carbonyl (C=O) groups is 2. The Balaban J connectivity index is 1.58. The zero-order chi connectivity index (χ0) is 20.4. The van der Waals surface area contributed by atoms with Gasteiger partial charge in [-0.05, 0) is 66.6 Å². The van der Waals surface area contributed by atoms with Crippen molar-refractivity contribution in [2.75, 3.05) is 7.11 Å². The minimum absolute atomic E-state index is 0.206. The Morgan fingerprint density at radius 3 is 2.45 bits per heavy atom. The molecule has 0 saturated carbocycles. The van der Waals surface area contributed by atoms with Gasteiger partial charge in [-0.1, -0.05) is 0 Å². The van der Waals surface area contributed by atoms with E-state index in [9.17, 15) is 9.59 Å². The van der Waals surface area contributed by atoms with Crippen LogP contribution in [-0.4, -0.2) is 23.8 Å². The van der Waals surface area contributed by atoms with Crippen molar-refractivity contribution in [3.63, 3.8) is 0 Å². The van der Waals surface area contributed by atoms with Crippen molar-refractivity contribution in [3.05, 3.63) is 88.9 Å². The number of hydrogen-bond donors (Lipinski definition) is 0. The summed E-state index contributed by atoms with van der Waals surface area (Å²) in [5, 5.41) is 0. The van der Waals surface area contributed by atoms with Gasteiger partial charge >= 0.3 is 5.97 Å². The van der Waals surface area contributed by atoms with Crippen LogP contribution in [0.15, 0.2) is 66.7 Å². The molecule has 0 N–H and O–H groups in total. The lowest BCUT2D eigenvalue weighted by Crippen LogP contribution is -2.08. The molecule has 0 unspecified atom stereocenters. The number of aromatic nitrogens is 1. The number of pyridine rings is 1. The second-order valence-electron chi connectivity index (χ2n) is 6.45. The molecule has 6 heteroatoms. The number of ketones is 1. The number of ether oxygens (including phenoxy) is 3. The first-order valence-electron chi connectivity index (χ1n) is 8.90. The predicted molar refractivity (Wildman–Crippen MR) is 106 cm³/mol. The maximum absolute atomic E-state index is 12.7. The molecule has 0 aliphatic carbocycles. The van der Waals surface area contributed by atoms with E-state index >= 15 is 0 Å². The molecule has 1 aliphatic heterocycles. The molecule has 0 atom stereocenters. The van der Waals surface area contributed by atoms with Gasteiger partial charge in [0, 0.05) is 18.5 Å². The number of nitrogens with zero attached hydrogens (tertiary/aromatic N) is 1. The van der Waals surface area contributed by atoms with Crippen molar-refractivity contribution in [2.45, 2.75) is 6.92 Å². The molecule has 1 aromatic heterocycles. The van der Waals surface area contributed by atoms with Crippen LogP contribution in [0.2, 0.25) is 0 Å². The summed E-state index contributed by atoms with van der Waals surface area (Å²) in [5.41, 5.74) is 2.33. The Morgan fingerprint density at radius 1 is 1.03 bits per heavy atom. The monoisotopic (exact) mass is 387 g/mol. The average molecular weight is 387 g/mol. The molecule has 2 aromatic carbocycles. The fourth-order valence-electron chi connectivity index (χ4n) is 3.04. The van der Waals surface area contributed by atoms with Gasteiger partial charge in [0.1, 0.15) is 17.2 Å². The normalized spacial score (nSPS) is 13.7. The number of esters is 1. The lowest BCUT2D eigenvalue weighted by Gasteiger charge is -2.08. The molecule has 0 fully saturated rings. The molecular weight excluding hydrogens is 370 g/mol. The fraction of sp³-hybridized carbons (Fsp3) is 0.0870. The number of benzene rings is 2. The highest BCUT2D eigenvalue weighted by molar-refractivity contribution is 6.15. The Bertz CT molecular complexity index is 1120. The van der Waals surface area contributed by atoms with Crippen molar-refractivity contribution in [1.29, 1.82) is 0 Å². The van der Waals surface area contributed by atoms with Gasteiger partial charge in [-0.15, -0.1) is 0 Å². The van der Waals surface area contributed by atoms with E-state index in [4.69, 9.17) is 14.2 Å². The van der Waals surface area contributed by atoms with Crippen molar-refractivity contribution >= 4 is 17.8 Å². The number of fused-ring (bicyclic) bond motifs is 1. The summed E-state index contributed by atoms with van der Waals surface area (Å²) < 4.78 is 16.3. The van der Waals surface area contributed by atoms with E-state index < -0.39 is 5.97 Å². The molecule has 0 bridgehead atoms. The van der Waals surface area contributed by atoms with Gasteiger partial charge in [-0.3, -0.25) is 9.78 Å². The quantitative estimate of drug-likeness (QED) is 0.379. The number of rotatable bonds is 4. The topological polar surface area (TPSA) is 74.7 Å². The SMILES string of the molecule is COc1ccc(C(=O)Oc2cc(C)c3c(c2)O/C(=C\c2ccncc2)C3=O)cc1. The smallest absolute Gasteiger partial charge is 0.343 e. The Kier molecular flexibility index (Phi) is 4.83. The van der Waals surface area contributed by atoms with Gasteiger partial charge in [0.2, 0.25) is 5.78 Å². The first-order valence-corrected chi connectivity index (χ1v) is 8.90. The van der Waals surface area contributed by atoms with E-state index in [0.29, 0.717) is 33.9 Å². The predicted octanol–water partition coefficient (Wildman–Crippen LogP) is 4.23. The molecule has 3 aromatic rings. The van der Waals surface area contributed by atoms with E-state index in [-0.39, 0.29) is 11.5 Å². The number of methoxy groups -OCH3 is 1. The molecule has 1 aliphatic rings. The van der Waals surface area contributed by atoms with Crippen LogP contribution in [0.1, 0.15) is 31.8 Å². The molecule has 0 saturated heterocycles. The second-order valence-corrected chi connectivity index (χ2v) is 6.45. The summed E-state index contributed by atoms with van der Waals surface area (Å²) in [4.78, 5) is 29.1. The van der Waals surface area contributed by atoms with Crippen LogP contribution < -0.4 is 14.2 Å². The standard InChI is InChI=1S/C23H17NO5/c1-14-11-18(28-23(26)16-3-5-17(27-2)6-4-16)13-19-21(14)22(25)20(29-19)12-15-7-9-24-10-8-15/h3-13H,1-2H3/b20-12-. The lowest BCUT2D eigenvalue weighted by molar-refractivity contribution is 0.0734. The second kappa shape index (κ2) is 7.59. The van der Waals surface area contributed by atoms with E-state index in [2.05, 4.69) is 4.98 Å². The van der Waals surface area contributed by atoms with E-state index in [0.717, 1.165) is 5.56 Å². The van der Waals surface area contributed by atoms with Gasteiger partial charge in [0.15, 0.2) is 5.76 Å². The zero-order valence-electron chi connectivity index (χ0n) is 15.8. The van der Waals surface area contributed by atoms with Crippen LogP contribution in [0.4, 0.5) is 0 Å². The lowest BCUT2D eigenvalue weighted by atomic mass is 10.0. The Labute approximate surface area is 167 Å². The molecule has 29 heavy (non-hydrogen) atoms. The molecule has 0 radical (unpaired) electrons. The third-order valence-corrected chi connectivity index (χ3v) is 4.48. The molecule has 2 heterocycles. The maximum Gasteiger partial charge on any atom is 0.343 e. The first-order chi connectivity index (χ1) is 14.0. The van der Waals surface area contributed by atoms with Crippen LogP contribution >= 0.6 is 0 Å². The highest BCUT2D eigenvalue weighted by atomic mass is 16.5. The van der Waals surface area contributed by atoms with E-state index in [1.54, 1.807) is 81.0 Å². The zero-order valence-corrected chi connectivity index (χ0v) is 15.8. The van der Waals surface area contributed by atoms with Crippen LogP contribution in [0.25, 0.3) is 6.08 Å². The average Bonchev–Trinajstić information content (AvgIpc) is 3.04. The number of hydrogen-bond acceptors (Lipinski definition) is 6. The summed E-state index contributed by atoms with van der Waals surface area (Å²) >= 11 is 0. The van der Waals surface area contributed by atoms with Crippen molar-refractivity contribution in [2.24, 2.45) is 0 Å². The van der Waals surface area contributed by atoms with Crippen LogP contribution in [0.3, 0.4) is 0 Å². The summed E-state index contributed by atoms with van der Waals surface area (Å²) in [6, 6.07) is 13.4. The molecular formula is C23H17NO5. The van der Waals surface area contributed by atoms with Crippen molar-refractivity contribution in [1.82, 2.24) is 4.98 Å². The number of carbonyl (C=O) groups excluding carboxylic acids is 2. The molecule has 0 amide bonds. The Morgan fingerprint density at radius 2 is 1.76 bits per heavy atom. The van der Waals surface area contributed by atoms with E-state index in [1.165, 1.54) is 0 Å². The van der Waals surface area contributed by atoms with Gasteiger partial charge in [-0.2, -0.15) is 0 Å². The minimum Gasteiger partial charge on any atom is -0.497 e. The Hall–Kier alpha value is -3.93. The van der Waals surface area contributed by atoms with Gasteiger partial charge < -0.3 is 14.2 Å². The summed E-state index contributed by atoms with van der Waals surface area (Å²) in [5.74, 6) is 0.822. The summed E-state index contributed by atoms with van der Waals surface area (Å²) in [6.45, 7) is 1.78. The minimum atomic E-state index is -0.510. The van der Waals surface area contributed by atoms with Crippen LogP contribution in [-0.2, 0) is 0 Å². The maximum atomic E-state index is 12.7. The molecule has 0 spiro atoms. The highest BCUT2D eigenvalue weighted by Gasteiger charge is 2.30. The third kappa shape index (κ3) is 3.73. The largest absolute Gasteiger partial charge is 0.497 e. The fourth-order valence-corrected chi connectivity index (χ4v) is 3.04. The van der Waals surface area contributed by atoms with E-state index in [1.807, 2.05) is 0 Å². The number of allylic oxidation sites excluding steroid dienone is 1. The molecule has 4 rings (SSSR count).